The Morgan fingerprint density at radius 2 is 1.77 bits per heavy atom. The van der Waals surface area contributed by atoms with E-state index < -0.39 is 0 Å². The first-order chi connectivity index (χ1) is 10.8. The van der Waals surface area contributed by atoms with Crippen LogP contribution < -0.4 is 0 Å². The Labute approximate surface area is 136 Å². The van der Waals surface area contributed by atoms with Crippen LogP contribution in [0.25, 0.3) is 0 Å². The molecule has 5 nitrogen and oxygen atoms in total. The molecule has 0 radical (unpaired) electrons. The monoisotopic (exact) mass is 322 g/mol. The second-order valence-corrected chi connectivity index (χ2v) is 7.36. The minimum atomic E-state index is 0.235. The molecule has 1 aliphatic heterocycles. The van der Waals surface area contributed by atoms with Crippen molar-refractivity contribution in [2.45, 2.75) is 68.9 Å². The van der Waals surface area contributed by atoms with Crippen LogP contribution in [-0.2, 0) is 4.79 Å². The number of hydrogen-bond donors (Lipinski definition) is 1. The summed E-state index contributed by atoms with van der Waals surface area (Å²) in [5, 5.41) is 8.05. The van der Waals surface area contributed by atoms with E-state index in [1.807, 2.05) is 4.90 Å². The first kappa shape index (κ1) is 15.8. The molecule has 1 saturated heterocycles. The molecule has 0 unspecified atom stereocenters. The standard InChI is InChI=1S/C16H26N4OS/c21-14(20-10-6-2-1-3-7-11-20)12-22-16-17-15(18-19-16)13-8-4-5-9-13/h13H,1-12H2,(H,17,18,19). The lowest BCUT2D eigenvalue weighted by Crippen LogP contribution is -2.35. The number of rotatable bonds is 4. The molecule has 0 spiro atoms. The fraction of sp³-hybridized carbons (Fsp3) is 0.812. The molecule has 2 fully saturated rings. The Hall–Kier alpha value is -1.04. The first-order valence-corrected chi connectivity index (χ1v) is 9.64. The van der Waals surface area contributed by atoms with E-state index in [1.54, 1.807) is 0 Å². The summed E-state index contributed by atoms with van der Waals surface area (Å²) in [7, 11) is 0. The smallest absolute Gasteiger partial charge is 0.233 e. The van der Waals surface area contributed by atoms with Crippen LogP contribution in [0.4, 0.5) is 0 Å². The summed E-state index contributed by atoms with van der Waals surface area (Å²) < 4.78 is 0. The maximum absolute atomic E-state index is 12.3. The topological polar surface area (TPSA) is 61.9 Å². The lowest BCUT2D eigenvalue weighted by atomic mass is 10.1. The van der Waals surface area contributed by atoms with Gasteiger partial charge in [-0.05, 0) is 25.7 Å². The number of thioether (sulfide) groups is 1. The Morgan fingerprint density at radius 1 is 1.09 bits per heavy atom. The van der Waals surface area contributed by atoms with Crippen molar-refractivity contribution in [1.29, 1.82) is 0 Å². The van der Waals surface area contributed by atoms with Crippen LogP contribution in [-0.4, -0.2) is 44.8 Å². The molecule has 1 aliphatic carbocycles. The lowest BCUT2D eigenvalue weighted by Gasteiger charge is -2.24. The third-order valence-corrected chi connectivity index (χ3v) is 5.59. The Kier molecular flexibility index (Phi) is 5.76. The molecule has 1 saturated carbocycles. The highest BCUT2D eigenvalue weighted by Crippen LogP contribution is 2.32. The third-order valence-electron chi connectivity index (χ3n) is 4.76. The van der Waals surface area contributed by atoms with Gasteiger partial charge in [0.05, 0.1) is 5.75 Å². The van der Waals surface area contributed by atoms with Crippen molar-refractivity contribution in [1.82, 2.24) is 20.1 Å². The van der Waals surface area contributed by atoms with Gasteiger partial charge in [0.1, 0.15) is 5.82 Å². The van der Waals surface area contributed by atoms with E-state index in [-0.39, 0.29) is 5.91 Å². The van der Waals surface area contributed by atoms with Crippen LogP contribution in [0, 0.1) is 0 Å². The highest BCUT2D eigenvalue weighted by atomic mass is 32.2. The van der Waals surface area contributed by atoms with Crippen LogP contribution in [0.3, 0.4) is 0 Å². The fourth-order valence-corrected chi connectivity index (χ4v) is 4.13. The van der Waals surface area contributed by atoms with E-state index in [1.165, 1.54) is 56.7 Å². The number of aromatic amines is 1. The van der Waals surface area contributed by atoms with E-state index in [0.717, 1.165) is 36.9 Å². The fourth-order valence-electron chi connectivity index (χ4n) is 3.42. The molecule has 1 N–H and O–H groups in total. The molecule has 122 valence electrons. The van der Waals surface area contributed by atoms with E-state index in [4.69, 9.17) is 0 Å². The molecule has 0 atom stereocenters. The van der Waals surface area contributed by atoms with Gasteiger partial charge in [0.15, 0.2) is 0 Å². The van der Waals surface area contributed by atoms with Crippen LogP contribution in [0.1, 0.15) is 69.5 Å². The van der Waals surface area contributed by atoms with Gasteiger partial charge in [-0.15, -0.1) is 5.10 Å². The minimum Gasteiger partial charge on any atom is -0.342 e. The number of carbonyl (C=O) groups excluding carboxylic acids is 1. The number of likely N-dealkylation sites (tertiary alicyclic amines) is 1. The van der Waals surface area contributed by atoms with Gasteiger partial charge in [-0.25, -0.2) is 4.98 Å². The molecule has 0 bridgehead atoms. The molecule has 2 heterocycles. The molecule has 0 aromatic carbocycles. The predicted molar refractivity (Wildman–Crippen MR) is 88.0 cm³/mol. The highest BCUT2D eigenvalue weighted by molar-refractivity contribution is 7.99. The van der Waals surface area contributed by atoms with Gasteiger partial charge in [-0.2, -0.15) is 0 Å². The van der Waals surface area contributed by atoms with Gasteiger partial charge >= 0.3 is 0 Å². The van der Waals surface area contributed by atoms with Gasteiger partial charge < -0.3 is 4.90 Å². The summed E-state index contributed by atoms with van der Waals surface area (Å²) in [6.45, 7) is 1.83. The Balaban J connectivity index is 1.47. The number of aromatic nitrogens is 3. The van der Waals surface area contributed by atoms with Gasteiger partial charge in [0.2, 0.25) is 11.1 Å². The predicted octanol–water partition coefficient (Wildman–Crippen LogP) is 3.35. The van der Waals surface area contributed by atoms with Gasteiger partial charge in [0, 0.05) is 19.0 Å². The second-order valence-electron chi connectivity index (χ2n) is 6.42. The Bertz CT molecular complexity index is 476. The molecular formula is C16H26N4OS. The summed E-state index contributed by atoms with van der Waals surface area (Å²) in [6.07, 6.45) is 11.1. The number of carbonyl (C=O) groups is 1. The average molecular weight is 322 g/mol. The van der Waals surface area contributed by atoms with Crippen molar-refractivity contribution in [2.24, 2.45) is 0 Å². The minimum absolute atomic E-state index is 0.235. The zero-order chi connectivity index (χ0) is 15.2. The van der Waals surface area contributed by atoms with E-state index in [0.29, 0.717) is 11.7 Å². The van der Waals surface area contributed by atoms with Crippen molar-refractivity contribution in [3.63, 3.8) is 0 Å². The molecule has 1 amide bonds. The SMILES string of the molecule is O=C(CSc1n[nH]c(C2CCCC2)n1)N1CCCCCCC1. The molecular weight excluding hydrogens is 296 g/mol. The van der Waals surface area contributed by atoms with E-state index in [9.17, 15) is 4.79 Å². The van der Waals surface area contributed by atoms with Crippen molar-refractivity contribution in [3.05, 3.63) is 5.82 Å². The number of hydrogen-bond acceptors (Lipinski definition) is 4. The third kappa shape index (κ3) is 4.24. The van der Waals surface area contributed by atoms with Crippen molar-refractivity contribution in [3.8, 4) is 0 Å². The molecule has 2 aliphatic rings. The highest BCUT2D eigenvalue weighted by Gasteiger charge is 2.21. The quantitative estimate of drug-likeness (QED) is 0.864. The van der Waals surface area contributed by atoms with Crippen LogP contribution in [0.2, 0.25) is 0 Å². The summed E-state index contributed by atoms with van der Waals surface area (Å²) >= 11 is 1.47. The zero-order valence-electron chi connectivity index (χ0n) is 13.2. The molecule has 1 aromatic rings. The molecule has 3 rings (SSSR count). The summed E-state index contributed by atoms with van der Waals surface area (Å²) in [5.41, 5.74) is 0. The summed E-state index contributed by atoms with van der Waals surface area (Å²) in [4.78, 5) is 18.9. The maximum Gasteiger partial charge on any atom is 0.233 e. The molecule has 6 heteroatoms. The lowest BCUT2D eigenvalue weighted by molar-refractivity contribution is -0.128. The van der Waals surface area contributed by atoms with Crippen molar-refractivity contribution in [2.75, 3.05) is 18.8 Å². The summed E-state index contributed by atoms with van der Waals surface area (Å²) in [5.74, 6) is 2.26. The van der Waals surface area contributed by atoms with Gasteiger partial charge in [0.25, 0.3) is 0 Å². The molecule has 22 heavy (non-hydrogen) atoms. The number of amides is 1. The van der Waals surface area contributed by atoms with Crippen LogP contribution >= 0.6 is 11.8 Å². The van der Waals surface area contributed by atoms with Gasteiger partial charge in [-0.3, -0.25) is 9.89 Å². The Morgan fingerprint density at radius 3 is 2.50 bits per heavy atom. The van der Waals surface area contributed by atoms with Crippen LogP contribution in [0.5, 0.6) is 0 Å². The van der Waals surface area contributed by atoms with Crippen molar-refractivity contribution >= 4 is 17.7 Å². The van der Waals surface area contributed by atoms with E-state index >= 15 is 0 Å². The van der Waals surface area contributed by atoms with Crippen molar-refractivity contribution < 1.29 is 4.79 Å². The average Bonchev–Trinajstić information content (AvgIpc) is 3.15. The number of nitrogens with zero attached hydrogens (tertiary/aromatic N) is 3. The number of nitrogens with one attached hydrogen (secondary N) is 1. The van der Waals surface area contributed by atoms with Crippen LogP contribution in [0.15, 0.2) is 5.16 Å². The normalized spacial score (nSPS) is 20.8. The molecule has 1 aromatic heterocycles. The first-order valence-electron chi connectivity index (χ1n) is 8.66. The number of H-pyrrole nitrogens is 1. The maximum atomic E-state index is 12.3. The van der Waals surface area contributed by atoms with Gasteiger partial charge in [-0.1, -0.05) is 43.9 Å². The second kappa shape index (κ2) is 7.99. The van der Waals surface area contributed by atoms with E-state index in [2.05, 4.69) is 15.2 Å². The largest absolute Gasteiger partial charge is 0.342 e. The zero-order valence-corrected chi connectivity index (χ0v) is 14.0. The summed E-state index contributed by atoms with van der Waals surface area (Å²) in [6, 6.07) is 0.